The minimum absolute atomic E-state index is 0.114. The molecule has 0 aromatic rings. The largest absolute Gasteiger partial charge is 0.299 e. The second-order valence-corrected chi connectivity index (χ2v) is 6.68. The summed E-state index contributed by atoms with van der Waals surface area (Å²) in [6.45, 7) is 4.29. The fraction of sp³-hybridized carbons (Fsp3) is 0.812. The molecule has 1 heteroatoms. The highest BCUT2D eigenvalue weighted by atomic mass is 16.1. The van der Waals surface area contributed by atoms with Crippen LogP contribution in [0.5, 0.6) is 0 Å². The number of rotatable bonds is 0. The van der Waals surface area contributed by atoms with Gasteiger partial charge in [0.05, 0.1) is 0 Å². The summed E-state index contributed by atoms with van der Waals surface area (Å²) in [6, 6.07) is 0. The van der Waals surface area contributed by atoms with Crippen molar-refractivity contribution in [3.05, 3.63) is 12.2 Å². The first-order valence-electron chi connectivity index (χ1n) is 7.39. The summed E-state index contributed by atoms with van der Waals surface area (Å²) in [7, 11) is 0. The number of hydrogen-bond acceptors (Lipinski definition) is 1. The van der Waals surface area contributed by atoms with E-state index in [0.29, 0.717) is 5.78 Å². The number of Topliss-reactive ketones (excluding diaryl/α,β-unsaturated/α-hetero) is 1. The maximum absolute atomic E-state index is 12.6. The Balaban J connectivity index is 1.80. The van der Waals surface area contributed by atoms with Crippen molar-refractivity contribution in [3.63, 3.8) is 0 Å². The second-order valence-electron chi connectivity index (χ2n) is 6.68. The number of ketones is 1. The van der Waals surface area contributed by atoms with Crippen molar-refractivity contribution in [1.29, 1.82) is 0 Å². The molecule has 0 aromatic heterocycles. The van der Waals surface area contributed by atoms with E-state index < -0.39 is 0 Å². The normalized spacial score (nSPS) is 36.9. The molecule has 0 radical (unpaired) electrons. The third kappa shape index (κ3) is 1.70. The van der Waals surface area contributed by atoms with E-state index in [-0.39, 0.29) is 10.8 Å². The van der Waals surface area contributed by atoms with Gasteiger partial charge >= 0.3 is 0 Å². The standard InChI is InChI=1S/C16H24O/c1-13-6-2-3-9-16(13)11-10-15(14(17)12-16)7-4-5-8-15/h1-12H2. The van der Waals surface area contributed by atoms with E-state index in [0.717, 1.165) is 12.8 Å². The molecule has 1 nitrogen and oxygen atoms in total. The predicted octanol–water partition coefficient (Wildman–Crippen LogP) is 4.42. The third-order valence-electron chi connectivity index (χ3n) is 5.87. The fourth-order valence-corrected chi connectivity index (χ4v) is 4.54. The molecule has 3 aliphatic carbocycles. The van der Waals surface area contributed by atoms with Crippen LogP contribution in [-0.2, 0) is 4.79 Å². The highest BCUT2D eigenvalue weighted by Crippen LogP contribution is 2.57. The van der Waals surface area contributed by atoms with Gasteiger partial charge in [0.1, 0.15) is 5.78 Å². The van der Waals surface area contributed by atoms with Gasteiger partial charge in [0.25, 0.3) is 0 Å². The van der Waals surface area contributed by atoms with Crippen molar-refractivity contribution < 1.29 is 4.79 Å². The van der Waals surface area contributed by atoms with Crippen LogP contribution in [-0.4, -0.2) is 5.78 Å². The third-order valence-corrected chi connectivity index (χ3v) is 5.87. The van der Waals surface area contributed by atoms with E-state index in [1.54, 1.807) is 0 Å². The Bertz CT molecular complexity index is 349. The minimum Gasteiger partial charge on any atom is -0.299 e. The number of carbonyl (C=O) groups is 1. The Labute approximate surface area is 105 Å². The lowest BCUT2D eigenvalue weighted by molar-refractivity contribution is -0.135. The Morgan fingerprint density at radius 1 is 0.824 bits per heavy atom. The Kier molecular flexibility index (Phi) is 2.68. The molecule has 3 saturated carbocycles. The highest BCUT2D eigenvalue weighted by Gasteiger charge is 2.50. The van der Waals surface area contributed by atoms with Crippen LogP contribution >= 0.6 is 0 Å². The lowest BCUT2D eigenvalue weighted by atomic mass is 9.56. The lowest BCUT2D eigenvalue weighted by Crippen LogP contribution is -2.42. The van der Waals surface area contributed by atoms with Crippen LogP contribution in [0.3, 0.4) is 0 Å². The minimum atomic E-state index is 0.114. The van der Waals surface area contributed by atoms with Gasteiger partial charge in [0.15, 0.2) is 0 Å². The smallest absolute Gasteiger partial charge is 0.139 e. The van der Waals surface area contributed by atoms with E-state index >= 15 is 0 Å². The zero-order chi connectivity index (χ0) is 11.9. The van der Waals surface area contributed by atoms with Gasteiger partial charge < -0.3 is 0 Å². The summed E-state index contributed by atoms with van der Waals surface area (Å²) < 4.78 is 0. The van der Waals surface area contributed by atoms with Crippen molar-refractivity contribution in [2.24, 2.45) is 10.8 Å². The molecule has 0 aliphatic heterocycles. The Hall–Kier alpha value is -0.590. The molecule has 3 rings (SSSR count). The van der Waals surface area contributed by atoms with Gasteiger partial charge in [0.2, 0.25) is 0 Å². The molecule has 0 saturated heterocycles. The molecule has 2 spiro atoms. The summed E-state index contributed by atoms with van der Waals surface area (Å²) in [4.78, 5) is 12.6. The molecule has 3 aliphatic rings. The maximum atomic E-state index is 12.6. The quantitative estimate of drug-likeness (QED) is 0.565. The van der Waals surface area contributed by atoms with E-state index in [1.807, 2.05) is 0 Å². The maximum Gasteiger partial charge on any atom is 0.139 e. The molecular weight excluding hydrogens is 208 g/mol. The zero-order valence-corrected chi connectivity index (χ0v) is 10.9. The molecule has 0 amide bonds. The van der Waals surface area contributed by atoms with Gasteiger partial charge in [-0.1, -0.05) is 31.4 Å². The van der Waals surface area contributed by atoms with Gasteiger partial charge in [-0.3, -0.25) is 4.79 Å². The molecular formula is C16H24O. The molecule has 0 N–H and O–H groups in total. The molecule has 17 heavy (non-hydrogen) atoms. The van der Waals surface area contributed by atoms with E-state index in [9.17, 15) is 4.79 Å². The van der Waals surface area contributed by atoms with Crippen LogP contribution in [0.4, 0.5) is 0 Å². The summed E-state index contributed by atoms with van der Waals surface area (Å²) in [6.07, 6.45) is 13.1. The van der Waals surface area contributed by atoms with E-state index in [4.69, 9.17) is 0 Å². The van der Waals surface area contributed by atoms with E-state index in [2.05, 4.69) is 6.58 Å². The molecule has 1 atom stereocenters. The average molecular weight is 232 g/mol. The second kappa shape index (κ2) is 3.96. The lowest BCUT2D eigenvalue weighted by Gasteiger charge is -2.47. The Morgan fingerprint density at radius 2 is 1.41 bits per heavy atom. The average Bonchev–Trinajstić information content (AvgIpc) is 2.79. The molecule has 0 aromatic carbocycles. The van der Waals surface area contributed by atoms with Crippen molar-refractivity contribution in [3.8, 4) is 0 Å². The van der Waals surface area contributed by atoms with Gasteiger partial charge in [-0.2, -0.15) is 0 Å². The van der Waals surface area contributed by atoms with Crippen molar-refractivity contribution in [2.75, 3.05) is 0 Å². The zero-order valence-electron chi connectivity index (χ0n) is 10.9. The highest BCUT2D eigenvalue weighted by molar-refractivity contribution is 5.87. The first-order chi connectivity index (χ1) is 8.17. The van der Waals surface area contributed by atoms with Crippen LogP contribution in [0.2, 0.25) is 0 Å². The van der Waals surface area contributed by atoms with Crippen molar-refractivity contribution >= 4 is 5.78 Å². The van der Waals surface area contributed by atoms with Crippen LogP contribution in [0.1, 0.15) is 70.6 Å². The fourth-order valence-electron chi connectivity index (χ4n) is 4.54. The van der Waals surface area contributed by atoms with Gasteiger partial charge in [-0.15, -0.1) is 0 Å². The molecule has 0 heterocycles. The molecule has 0 bridgehead atoms. The van der Waals surface area contributed by atoms with Crippen LogP contribution in [0.25, 0.3) is 0 Å². The molecule has 1 unspecified atom stereocenters. The summed E-state index contributed by atoms with van der Waals surface area (Å²) >= 11 is 0. The summed E-state index contributed by atoms with van der Waals surface area (Å²) in [5, 5.41) is 0. The monoisotopic (exact) mass is 232 g/mol. The molecule has 94 valence electrons. The summed E-state index contributed by atoms with van der Waals surface area (Å²) in [5.41, 5.74) is 1.73. The number of hydrogen-bond donors (Lipinski definition) is 0. The summed E-state index contributed by atoms with van der Waals surface area (Å²) in [5.74, 6) is 0.587. The Morgan fingerprint density at radius 3 is 2.06 bits per heavy atom. The molecule has 3 fully saturated rings. The van der Waals surface area contributed by atoms with Crippen molar-refractivity contribution in [1.82, 2.24) is 0 Å². The van der Waals surface area contributed by atoms with Crippen LogP contribution < -0.4 is 0 Å². The predicted molar refractivity (Wildman–Crippen MR) is 69.8 cm³/mol. The number of carbonyl (C=O) groups excluding carboxylic acids is 1. The van der Waals surface area contributed by atoms with Gasteiger partial charge in [-0.25, -0.2) is 0 Å². The number of allylic oxidation sites excluding steroid dienone is 1. The van der Waals surface area contributed by atoms with Gasteiger partial charge in [0, 0.05) is 11.8 Å². The van der Waals surface area contributed by atoms with Crippen LogP contribution in [0, 0.1) is 10.8 Å². The van der Waals surface area contributed by atoms with Crippen molar-refractivity contribution in [2.45, 2.75) is 70.6 Å². The van der Waals surface area contributed by atoms with Crippen LogP contribution in [0.15, 0.2) is 12.2 Å². The first-order valence-corrected chi connectivity index (χ1v) is 7.39. The SMILES string of the molecule is C=C1CCCCC12CCC1(CCCC1)C(=O)C2. The first kappa shape index (κ1) is 11.5. The topological polar surface area (TPSA) is 17.1 Å². The van der Waals surface area contributed by atoms with Gasteiger partial charge in [-0.05, 0) is 50.4 Å². The van der Waals surface area contributed by atoms with E-state index in [1.165, 1.54) is 63.4 Å².